The van der Waals surface area contributed by atoms with Crippen LogP contribution in [-0.2, 0) is 20.5 Å². The van der Waals surface area contributed by atoms with Crippen LogP contribution in [0.3, 0.4) is 0 Å². The predicted molar refractivity (Wildman–Crippen MR) is 88.4 cm³/mol. The van der Waals surface area contributed by atoms with E-state index in [4.69, 9.17) is 4.74 Å². The molecule has 1 fully saturated rings. The number of thioether (sulfide) groups is 1. The molecule has 0 saturated carbocycles. The fraction of sp³-hybridized carbons (Fsp3) is 0.400. The van der Waals surface area contributed by atoms with Gasteiger partial charge in [0.2, 0.25) is 11.8 Å². The molecule has 0 bridgehead atoms. The van der Waals surface area contributed by atoms with Gasteiger partial charge in [0.15, 0.2) is 5.17 Å². The molecule has 1 saturated heterocycles. The highest BCUT2D eigenvalue weighted by Gasteiger charge is 2.35. The Morgan fingerprint density at radius 2 is 2.12 bits per heavy atom. The van der Waals surface area contributed by atoms with Crippen LogP contribution in [0.4, 0.5) is 18.9 Å². The van der Waals surface area contributed by atoms with Crippen LogP contribution in [0.15, 0.2) is 29.3 Å². The molecule has 1 heterocycles. The smallest absolute Gasteiger partial charge is 0.383 e. The van der Waals surface area contributed by atoms with Crippen LogP contribution in [0.1, 0.15) is 12.0 Å². The van der Waals surface area contributed by atoms with Gasteiger partial charge in [-0.1, -0.05) is 23.9 Å². The Labute approximate surface area is 146 Å². The van der Waals surface area contributed by atoms with Gasteiger partial charge >= 0.3 is 6.18 Å². The highest BCUT2D eigenvalue weighted by atomic mass is 32.2. The van der Waals surface area contributed by atoms with E-state index in [1.54, 1.807) is 0 Å². The summed E-state index contributed by atoms with van der Waals surface area (Å²) < 4.78 is 43.6. The molecule has 0 spiro atoms. The molecule has 0 aromatic heterocycles. The van der Waals surface area contributed by atoms with Gasteiger partial charge in [0, 0.05) is 13.5 Å². The Balaban J connectivity index is 1.97. The van der Waals surface area contributed by atoms with Crippen molar-refractivity contribution in [3.05, 3.63) is 29.8 Å². The number of nitrogens with zero attached hydrogens (tertiary/aromatic N) is 1. The Morgan fingerprint density at radius 3 is 2.80 bits per heavy atom. The topological polar surface area (TPSA) is 79.8 Å². The summed E-state index contributed by atoms with van der Waals surface area (Å²) >= 11 is 1.07. The van der Waals surface area contributed by atoms with Crippen molar-refractivity contribution in [3.8, 4) is 0 Å². The zero-order valence-electron chi connectivity index (χ0n) is 13.2. The fourth-order valence-corrected chi connectivity index (χ4v) is 3.06. The van der Waals surface area contributed by atoms with E-state index in [0.717, 1.165) is 17.8 Å². The van der Waals surface area contributed by atoms with Crippen molar-refractivity contribution in [2.75, 3.05) is 25.6 Å². The van der Waals surface area contributed by atoms with Crippen molar-refractivity contribution in [1.29, 1.82) is 0 Å². The SMILES string of the molecule is COCCN=C1NC(=O)[C@H](CC(=O)Nc2ccccc2C(F)(F)F)S1. The number of halogens is 3. The van der Waals surface area contributed by atoms with E-state index in [1.165, 1.54) is 25.3 Å². The summed E-state index contributed by atoms with van der Waals surface area (Å²) in [5.74, 6) is -1.08. The monoisotopic (exact) mass is 375 g/mol. The predicted octanol–water partition coefficient (Wildman–Crippen LogP) is 2.27. The van der Waals surface area contributed by atoms with E-state index in [0.29, 0.717) is 18.3 Å². The molecule has 0 aliphatic carbocycles. The molecular weight excluding hydrogens is 359 g/mol. The maximum atomic E-state index is 12.9. The van der Waals surface area contributed by atoms with Crippen molar-refractivity contribution in [3.63, 3.8) is 0 Å². The lowest BCUT2D eigenvalue weighted by Gasteiger charge is -2.14. The molecule has 1 aliphatic rings. The van der Waals surface area contributed by atoms with E-state index in [1.807, 2.05) is 0 Å². The Morgan fingerprint density at radius 1 is 1.40 bits per heavy atom. The lowest BCUT2D eigenvalue weighted by atomic mass is 10.1. The number of nitrogens with one attached hydrogen (secondary N) is 2. The molecule has 0 unspecified atom stereocenters. The van der Waals surface area contributed by atoms with Crippen LogP contribution in [0, 0.1) is 0 Å². The number of hydrogen-bond acceptors (Lipinski definition) is 5. The van der Waals surface area contributed by atoms with Gasteiger partial charge in [-0.3, -0.25) is 14.6 Å². The second-order valence-corrected chi connectivity index (χ2v) is 6.26. The maximum Gasteiger partial charge on any atom is 0.418 e. The molecule has 0 radical (unpaired) electrons. The molecule has 10 heteroatoms. The number of benzene rings is 1. The van der Waals surface area contributed by atoms with E-state index >= 15 is 0 Å². The molecule has 25 heavy (non-hydrogen) atoms. The minimum absolute atomic E-state index is 0.258. The van der Waals surface area contributed by atoms with Gasteiger partial charge in [0.25, 0.3) is 0 Å². The first-order valence-corrected chi connectivity index (χ1v) is 8.16. The minimum atomic E-state index is -4.58. The Kier molecular flexibility index (Phi) is 6.43. The summed E-state index contributed by atoms with van der Waals surface area (Å²) in [5.41, 5.74) is -1.27. The zero-order valence-corrected chi connectivity index (χ0v) is 14.0. The standard InChI is InChI=1S/C15H16F3N3O3S/c1-24-7-6-19-14-21-13(23)11(25-14)8-12(22)20-10-5-3-2-4-9(10)15(16,17)18/h2-5,11H,6-8H2,1H3,(H,20,22)(H,19,21,23)/t11-/m0/s1. The van der Waals surface area contributed by atoms with E-state index < -0.39 is 28.8 Å². The average molecular weight is 375 g/mol. The number of carbonyl (C=O) groups is 2. The van der Waals surface area contributed by atoms with Gasteiger partial charge in [-0.25, -0.2) is 0 Å². The van der Waals surface area contributed by atoms with Crippen molar-refractivity contribution >= 4 is 34.4 Å². The number of aliphatic imine (C=N–C) groups is 1. The maximum absolute atomic E-state index is 12.9. The number of hydrogen-bond donors (Lipinski definition) is 2. The molecule has 1 aromatic rings. The zero-order chi connectivity index (χ0) is 18.4. The van der Waals surface area contributed by atoms with E-state index in [9.17, 15) is 22.8 Å². The van der Waals surface area contributed by atoms with Crippen LogP contribution in [-0.4, -0.2) is 42.5 Å². The first-order valence-electron chi connectivity index (χ1n) is 7.28. The van der Waals surface area contributed by atoms with Crippen molar-refractivity contribution in [2.24, 2.45) is 4.99 Å². The fourth-order valence-electron chi connectivity index (χ4n) is 2.06. The molecular formula is C15H16F3N3O3S. The van der Waals surface area contributed by atoms with Crippen LogP contribution >= 0.6 is 11.8 Å². The van der Waals surface area contributed by atoms with Gasteiger partial charge < -0.3 is 15.4 Å². The lowest BCUT2D eigenvalue weighted by molar-refractivity contribution is -0.137. The number of rotatable bonds is 6. The third-order valence-corrected chi connectivity index (χ3v) is 4.32. The number of para-hydroxylation sites is 1. The quantitative estimate of drug-likeness (QED) is 0.748. The van der Waals surface area contributed by atoms with Gasteiger partial charge in [-0.05, 0) is 12.1 Å². The molecule has 6 nitrogen and oxygen atoms in total. The number of carbonyl (C=O) groups excluding carboxylic acids is 2. The summed E-state index contributed by atoms with van der Waals surface area (Å²) in [4.78, 5) is 27.9. The number of anilines is 1. The first-order chi connectivity index (χ1) is 11.8. The molecule has 2 amide bonds. The molecule has 1 aromatic carbocycles. The van der Waals surface area contributed by atoms with Crippen LogP contribution in [0.2, 0.25) is 0 Å². The number of amides is 2. The molecule has 136 valence electrons. The third-order valence-electron chi connectivity index (χ3n) is 3.20. The van der Waals surface area contributed by atoms with Crippen molar-refractivity contribution in [1.82, 2.24) is 5.32 Å². The van der Waals surface area contributed by atoms with Crippen molar-refractivity contribution in [2.45, 2.75) is 17.8 Å². The lowest BCUT2D eigenvalue weighted by Crippen LogP contribution is -2.28. The van der Waals surface area contributed by atoms with E-state index in [2.05, 4.69) is 15.6 Å². The molecule has 1 aliphatic heterocycles. The second-order valence-electron chi connectivity index (χ2n) is 5.07. The van der Waals surface area contributed by atoms with Crippen molar-refractivity contribution < 1.29 is 27.5 Å². The van der Waals surface area contributed by atoms with Crippen LogP contribution in [0.25, 0.3) is 0 Å². The van der Waals surface area contributed by atoms with Gasteiger partial charge in [-0.2, -0.15) is 13.2 Å². The van der Waals surface area contributed by atoms with Gasteiger partial charge in [0.1, 0.15) is 5.25 Å². The van der Waals surface area contributed by atoms with Crippen LogP contribution in [0.5, 0.6) is 0 Å². The summed E-state index contributed by atoms with van der Waals surface area (Å²) in [7, 11) is 1.52. The van der Waals surface area contributed by atoms with E-state index in [-0.39, 0.29) is 12.1 Å². The normalized spacial score (nSPS) is 19.1. The third kappa shape index (κ3) is 5.46. The largest absolute Gasteiger partial charge is 0.418 e. The summed E-state index contributed by atoms with van der Waals surface area (Å²) in [6.45, 7) is 0.746. The molecule has 1 atom stereocenters. The highest BCUT2D eigenvalue weighted by molar-refractivity contribution is 8.15. The summed E-state index contributed by atoms with van der Waals surface area (Å²) in [5, 5.41) is 4.38. The second kappa shape index (κ2) is 8.34. The number of methoxy groups -OCH3 is 1. The average Bonchev–Trinajstić information content (AvgIpc) is 2.87. The number of amidine groups is 1. The molecule has 2 rings (SSSR count). The van der Waals surface area contributed by atoms with Crippen LogP contribution < -0.4 is 10.6 Å². The Bertz CT molecular complexity index is 679. The van der Waals surface area contributed by atoms with Gasteiger partial charge in [0.05, 0.1) is 24.4 Å². The first kappa shape index (κ1) is 19.3. The summed E-state index contributed by atoms with van der Waals surface area (Å²) in [6.07, 6.45) is -4.84. The molecule has 2 N–H and O–H groups in total. The van der Waals surface area contributed by atoms with Gasteiger partial charge in [-0.15, -0.1) is 0 Å². The summed E-state index contributed by atoms with van der Waals surface area (Å²) in [6, 6.07) is 4.68. The highest BCUT2D eigenvalue weighted by Crippen LogP contribution is 2.34. The number of ether oxygens (including phenoxy) is 1. The Hall–Kier alpha value is -2.07. The minimum Gasteiger partial charge on any atom is -0.383 e. The number of alkyl halides is 3.